The number of aromatic nitrogens is 4. The van der Waals surface area contributed by atoms with E-state index in [-0.39, 0.29) is 0 Å². The highest BCUT2D eigenvalue weighted by Gasteiger charge is 2.19. The summed E-state index contributed by atoms with van der Waals surface area (Å²) >= 11 is 0. The summed E-state index contributed by atoms with van der Waals surface area (Å²) in [6.07, 6.45) is 1.83. The second-order valence-electron chi connectivity index (χ2n) is 8.95. The largest absolute Gasteiger partial charge is 0.292 e. The number of hydrogen-bond donors (Lipinski definition) is 0. The van der Waals surface area contributed by atoms with Gasteiger partial charge in [0.15, 0.2) is 0 Å². The highest BCUT2D eigenvalue weighted by Crippen LogP contribution is 2.39. The van der Waals surface area contributed by atoms with Crippen molar-refractivity contribution in [1.29, 1.82) is 0 Å². The van der Waals surface area contributed by atoms with E-state index in [0.29, 0.717) is 0 Å². The Labute approximate surface area is 200 Å². The lowest BCUT2D eigenvalue weighted by Gasteiger charge is -2.06. The van der Waals surface area contributed by atoms with Gasteiger partial charge in [0.1, 0.15) is 5.65 Å². The monoisotopic (exact) mass is 446 g/mol. The van der Waals surface area contributed by atoms with E-state index in [9.17, 15) is 0 Å². The molecule has 8 aromatic rings. The molecule has 0 saturated carbocycles. The first-order valence-electron chi connectivity index (χ1n) is 11.7. The lowest BCUT2D eigenvalue weighted by Crippen LogP contribution is -1.88. The molecule has 3 aromatic carbocycles. The lowest BCUT2D eigenvalue weighted by molar-refractivity contribution is 1.31. The highest BCUT2D eigenvalue weighted by atomic mass is 15.0. The molecule has 0 saturated heterocycles. The zero-order valence-corrected chi connectivity index (χ0v) is 18.7. The van der Waals surface area contributed by atoms with Gasteiger partial charge in [-0.2, -0.15) is 0 Å². The summed E-state index contributed by atoms with van der Waals surface area (Å²) in [5.74, 6) is 0. The van der Waals surface area contributed by atoms with Crippen molar-refractivity contribution in [2.24, 2.45) is 0 Å². The van der Waals surface area contributed by atoms with Crippen LogP contribution in [0.25, 0.3) is 71.8 Å². The maximum Gasteiger partial charge on any atom is 0.138 e. The van der Waals surface area contributed by atoms with Crippen molar-refractivity contribution < 1.29 is 0 Å². The van der Waals surface area contributed by atoms with Gasteiger partial charge in [-0.1, -0.05) is 72.8 Å². The minimum Gasteiger partial charge on any atom is -0.292 e. The van der Waals surface area contributed by atoms with Gasteiger partial charge in [-0.15, -0.1) is 0 Å². The van der Waals surface area contributed by atoms with Gasteiger partial charge in [0.25, 0.3) is 0 Å². The van der Waals surface area contributed by atoms with E-state index in [4.69, 9.17) is 9.97 Å². The topological polar surface area (TPSA) is 43.1 Å². The molecule has 0 radical (unpaired) electrons. The van der Waals surface area contributed by atoms with Gasteiger partial charge >= 0.3 is 0 Å². The van der Waals surface area contributed by atoms with Gasteiger partial charge in [0.2, 0.25) is 0 Å². The van der Waals surface area contributed by atoms with E-state index in [1.165, 1.54) is 16.3 Å². The van der Waals surface area contributed by atoms with E-state index < -0.39 is 0 Å². The SMILES string of the molecule is c1ccc(-c2nc3cccc4c5ccc(-c6ccc7ccc8cccnc8c7n6)cc5c2n34)cc1. The van der Waals surface area contributed by atoms with Crippen molar-refractivity contribution in [1.82, 2.24) is 19.4 Å². The van der Waals surface area contributed by atoms with Crippen LogP contribution in [-0.4, -0.2) is 19.4 Å². The average molecular weight is 447 g/mol. The first-order valence-corrected chi connectivity index (χ1v) is 11.7. The van der Waals surface area contributed by atoms with E-state index >= 15 is 0 Å². The summed E-state index contributed by atoms with van der Waals surface area (Å²) < 4.78 is 2.28. The predicted octanol–water partition coefficient (Wildman–Crippen LogP) is 7.51. The number of benzene rings is 3. The number of nitrogens with zero attached hydrogens (tertiary/aromatic N) is 4. The molecule has 5 heterocycles. The van der Waals surface area contributed by atoms with Crippen molar-refractivity contribution in [2.75, 3.05) is 0 Å². The molecule has 0 bridgehead atoms. The predicted molar refractivity (Wildman–Crippen MR) is 143 cm³/mol. The summed E-state index contributed by atoms with van der Waals surface area (Å²) in [5.41, 5.74) is 9.31. The minimum atomic E-state index is 0.932. The van der Waals surface area contributed by atoms with E-state index in [0.717, 1.165) is 55.5 Å². The average Bonchev–Trinajstić information content (AvgIpc) is 3.48. The van der Waals surface area contributed by atoms with Crippen LogP contribution in [0.2, 0.25) is 0 Å². The Balaban J connectivity index is 1.43. The normalized spacial score (nSPS) is 12.0. The Morgan fingerprint density at radius 1 is 0.571 bits per heavy atom. The zero-order valence-electron chi connectivity index (χ0n) is 18.7. The smallest absolute Gasteiger partial charge is 0.138 e. The number of hydrogen-bond acceptors (Lipinski definition) is 3. The third-order valence-corrected chi connectivity index (χ3v) is 6.97. The number of imidazole rings is 1. The Bertz CT molecular complexity index is 2050. The fourth-order valence-electron chi connectivity index (χ4n) is 5.36. The van der Waals surface area contributed by atoms with Gasteiger partial charge in [-0.25, -0.2) is 9.97 Å². The van der Waals surface area contributed by atoms with Crippen molar-refractivity contribution in [3.8, 4) is 22.5 Å². The molecule has 4 heteroatoms. The molecule has 0 amide bonds. The molecule has 0 spiro atoms. The molecule has 5 aromatic heterocycles. The van der Waals surface area contributed by atoms with Crippen LogP contribution in [0.4, 0.5) is 0 Å². The lowest BCUT2D eigenvalue weighted by atomic mass is 10.0. The van der Waals surface area contributed by atoms with Crippen LogP contribution in [-0.2, 0) is 0 Å². The maximum absolute atomic E-state index is 5.08. The molecule has 0 aliphatic rings. The van der Waals surface area contributed by atoms with Crippen LogP contribution < -0.4 is 0 Å². The Kier molecular flexibility index (Phi) is 3.63. The van der Waals surface area contributed by atoms with Gasteiger partial charge in [0, 0.05) is 38.9 Å². The van der Waals surface area contributed by atoms with Gasteiger partial charge in [0.05, 0.1) is 33.5 Å². The molecule has 162 valence electrons. The zero-order chi connectivity index (χ0) is 22.9. The number of pyridine rings is 3. The fraction of sp³-hybridized carbons (Fsp3) is 0. The Hall–Kier alpha value is -4.83. The molecule has 0 fully saturated rings. The third-order valence-electron chi connectivity index (χ3n) is 6.97. The van der Waals surface area contributed by atoms with Crippen molar-refractivity contribution in [2.45, 2.75) is 0 Å². The maximum atomic E-state index is 5.08. The number of rotatable bonds is 2. The third kappa shape index (κ3) is 2.59. The molecular weight excluding hydrogens is 428 g/mol. The van der Waals surface area contributed by atoms with E-state index in [1.807, 2.05) is 18.3 Å². The van der Waals surface area contributed by atoms with Crippen molar-refractivity contribution in [3.63, 3.8) is 0 Å². The van der Waals surface area contributed by atoms with Crippen LogP contribution in [0.1, 0.15) is 0 Å². The summed E-state index contributed by atoms with van der Waals surface area (Å²) in [7, 11) is 0. The highest BCUT2D eigenvalue weighted by molar-refractivity contribution is 6.14. The molecule has 0 aliphatic heterocycles. The van der Waals surface area contributed by atoms with Gasteiger partial charge < -0.3 is 0 Å². The van der Waals surface area contributed by atoms with Crippen LogP contribution in [0.15, 0.2) is 109 Å². The summed E-state index contributed by atoms with van der Waals surface area (Å²) in [6.45, 7) is 0. The summed E-state index contributed by atoms with van der Waals surface area (Å²) in [4.78, 5) is 14.7. The fourth-order valence-corrected chi connectivity index (χ4v) is 5.36. The first-order chi connectivity index (χ1) is 17.3. The molecule has 35 heavy (non-hydrogen) atoms. The second kappa shape index (κ2) is 6.84. The Morgan fingerprint density at radius 2 is 1.43 bits per heavy atom. The second-order valence-corrected chi connectivity index (χ2v) is 8.95. The van der Waals surface area contributed by atoms with Crippen molar-refractivity contribution >= 4 is 49.3 Å². The van der Waals surface area contributed by atoms with Crippen LogP contribution in [0, 0.1) is 0 Å². The van der Waals surface area contributed by atoms with E-state index in [1.54, 1.807) is 0 Å². The van der Waals surface area contributed by atoms with E-state index in [2.05, 4.69) is 100 Å². The molecule has 0 unspecified atom stereocenters. The molecule has 0 aliphatic carbocycles. The molecule has 0 N–H and O–H groups in total. The first kappa shape index (κ1) is 18.6. The van der Waals surface area contributed by atoms with Gasteiger partial charge in [-0.05, 0) is 30.3 Å². The Morgan fingerprint density at radius 3 is 2.34 bits per heavy atom. The summed E-state index contributed by atoms with van der Waals surface area (Å²) in [6, 6.07) is 35.9. The minimum absolute atomic E-state index is 0.932. The number of fused-ring (bicyclic) bond motifs is 6. The molecular formula is C31H18N4. The molecule has 4 nitrogen and oxygen atoms in total. The molecule has 0 atom stereocenters. The molecule has 8 rings (SSSR count). The standard InChI is InChI=1S/C31H18N4/c1-2-6-19(7-3-1)30-31-24-18-22(13-15-23(24)26-9-4-10-27(34-30)35(26)31)25-16-14-21-12-11-20-8-5-17-32-28(20)29(21)33-25/h1-18H. The quantitative estimate of drug-likeness (QED) is 0.258. The van der Waals surface area contributed by atoms with Crippen LogP contribution >= 0.6 is 0 Å². The summed E-state index contributed by atoms with van der Waals surface area (Å²) in [5, 5.41) is 4.61. The van der Waals surface area contributed by atoms with Crippen molar-refractivity contribution in [3.05, 3.63) is 109 Å². The van der Waals surface area contributed by atoms with Crippen LogP contribution in [0.5, 0.6) is 0 Å². The van der Waals surface area contributed by atoms with Crippen LogP contribution in [0.3, 0.4) is 0 Å². The van der Waals surface area contributed by atoms with Gasteiger partial charge in [-0.3, -0.25) is 9.38 Å².